The van der Waals surface area contributed by atoms with Gasteiger partial charge in [0.1, 0.15) is 5.82 Å². The minimum atomic E-state index is -0.961. The molecule has 1 unspecified atom stereocenters. The van der Waals surface area contributed by atoms with E-state index >= 15 is 0 Å². The zero-order valence-electron chi connectivity index (χ0n) is 29.6. The Morgan fingerprint density at radius 3 is 2.31 bits per heavy atom. The standard InChI is InChI=1S/C42H46N4O4S/c1-4-13-37-44-38-28(2)24-33(26-36(38)45(37)27-31-18-20-32(21-19-31)34-16-9-10-17-35(34)40(48)49)39(47)46(29(3)25-30-14-7-5-8-15-30)51-41(50)42(43)22-11-6-12-23-42/h5,7-10,14-21,24,26,29H,4,6,11-13,22-23,25,27,43H2,1-3H3,(H,48,49). The van der Waals surface area contributed by atoms with E-state index in [1.165, 1.54) is 0 Å². The van der Waals surface area contributed by atoms with Crippen LogP contribution in [0.2, 0.25) is 0 Å². The molecule has 1 fully saturated rings. The van der Waals surface area contributed by atoms with E-state index < -0.39 is 11.5 Å². The van der Waals surface area contributed by atoms with Gasteiger partial charge in [0, 0.05) is 36.5 Å². The number of benzene rings is 4. The van der Waals surface area contributed by atoms with Gasteiger partial charge in [-0.05, 0) is 85.5 Å². The van der Waals surface area contributed by atoms with Crippen molar-refractivity contribution in [2.24, 2.45) is 5.73 Å². The average molecular weight is 703 g/mol. The van der Waals surface area contributed by atoms with Crippen molar-refractivity contribution in [3.63, 3.8) is 0 Å². The predicted octanol–water partition coefficient (Wildman–Crippen LogP) is 8.62. The number of nitrogens with two attached hydrogens (primary N) is 1. The lowest BCUT2D eigenvalue weighted by Crippen LogP contribution is -2.50. The van der Waals surface area contributed by atoms with E-state index in [1.54, 1.807) is 16.4 Å². The Balaban J connectivity index is 1.35. The van der Waals surface area contributed by atoms with Gasteiger partial charge >= 0.3 is 5.97 Å². The first-order valence-electron chi connectivity index (χ1n) is 17.9. The van der Waals surface area contributed by atoms with Crippen LogP contribution in [-0.2, 0) is 24.2 Å². The van der Waals surface area contributed by atoms with Gasteiger partial charge in [-0.3, -0.25) is 13.9 Å². The van der Waals surface area contributed by atoms with Gasteiger partial charge in [-0.1, -0.05) is 99.0 Å². The third kappa shape index (κ3) is 7.95. The van der Waals surface area contributed by atoms with Crippen LogP contribution in [0.4, 0.5) is 0 Å². The van der Waals surface area contributed by atoms with Crippen molar-refractivity contribution >= 4 is 40.0 Å². The molecule has 1 aromatic heterocycles. The van der Waals surface area contributed by atoms with Crippen molar-refractivity contribution < 1.29 is 19.5 Å². The monoisotopic (exact) mass is 702 g/mol. The lowest BCUT2D eigenvalue weighted by atomic mass is 9.84. The normalized spacial score (nSPS) is 14.7. The van der Waals surface area contributed by atoms with Crippen LogP contribution < -0.4 is 5.73 Å². The second-order valence-corrected chi connectivity index (χ2v) is 14.8. The minimum absolute atomic E-state index is 0.155. The molecule has 1 aliphatic carbocycles. The number of nitrogens with zero attached hydrogens (tertiary/aromatic N) is 3. The molecule has 1 heterocycles. The van der Waals surface area contributed by atoms with E-state index in [1.807, 2.05) is 92.7 Å². The van der Waals surface area contributed by atoms with E-state index in [-0.39, 0.29) is 22.6 Å². The fourth-order valence-corrected chi connectivity index (χ4v) is 8.12. The number of hydrogen-bond acceptors (Lipinski definition) is 6. The Morgan fingerprint density at radius 2 is 1.63 bits per heavy atom. The highest BCUT2D eigenvalue weighted by atomic mass is 32.2. The fraction of sp³-hybridized carbons (Fsp3) is 0.333. The van der Waals surface area contributed by atoms with Crippen molar-refractivity contribution in [3.05, 3.63) is 125 Å². The number of carbonyl (C=O) groups is 3. The maximum atomic E-state index is 14.6. The molecule has 4 aromatic carbocycles. The number of fused-ring (bicyclic) bond motifs is 1. The molecule has 0 spiro atoms. The maximum absolute atomic E-state index is 14.6. The summed E-state index contributed by atoms with van der Waals surface area (Å²) >= 11 is 0.975. The summed E-state index contributed by atoms with van der Waals surface area (Å²) in [6, 6.07) is 28.5. The van der Waals surface area contributed by atoms with Gasteiger partial charge in [0.05, 0.1) is 22.1 Å². The van der Waals surface area contributed by atoms with E-state index in [9.17, 15) is 19.5 Å². The van der Waals surface area contributed by atoms with Crippen molar-refractivity contribution in [2.75, 3.05) is 0 Å². The molecule has 0 radical (unpaired) electrons. The van der Waals surface area contributed by atoms with E-state index in [2.05, 4.69) is 11.5 Å². The molecule has 9 heteroatoms. The highest BCUT2D eigenvalue weighted by Crippen LogP contribution is 2.34. The van der Waals surface area contributed by atoms with Gasteiger partial charge in [-0.2, -0.15) is 0 Å². The molecule has 0 bridgehead atoms. The number of carboxylic acid groups (broad SMARTS) is 1. The average Bonchev–Trinajstić information content (AvgIpc) is 3.48. The Kier molecular flexibility index (Phi) is 11.1. The largest absolute Gasteiger partial charge is 0.478 e. The number of imidazole rings is 1. The summed E-state index contributed by atoms with van der Waals surface area (Å²) in [5.41, 5.74) is 12.7. The highest BCUT2D eigenvalue weighted by molar-refractivity contribution is 8.12. The Morgan fingerprint density at radius 1 is 0.941 bits per heavy atom. The first-order chi connectivity index (χ1) is 24.6. The van der Waals surface area contributed by atoms with Gasteiger partial charge < -0.3 is 15.4 Å². The van der Waals surface area contributed by atoms with E-state index in [0.29, 0.717) is 36.9 Å². The second-order valence-electron chi connectivity index (χ2n) is 13.8. The number of aromatic carboxylic acids is 1. The minimum Gasteiger partial charge on any atom is -0.478 e. The maximum Gasteiger partial charge on any atom is 0.336 e. The number of aromatic nitrogens is 2. The molecule has 0 saturated heterocycles. The van der Waals surface area contributed by atoms with Gasteiger partial charge in [0.2, 0.25) is 5.12 Å². The zero-order chi connectivity index (χ0) is 36.1. The first-order valence-corrected chi connectivity index (χ1v) is 18.7. The predicted molar refractivity (Wildman–Crippen MR) is 205 cm³/mol. The Hall–Kier alpha value is -4.73. The summed E-state index contributed by atoms with van der Waals surface area (Å²) < 4.78 is 3.82. The van der Waals surface area contributed by atoms with Gasteiger partial charge in [0.25, 0.3) is 5.91 Å². The molecule has 264 valence electrons. The second kappa shape index (κ2) is 15.7. The smallest absolute Gasteiger partial charge is 0.336 e. The summed E-state index contributed by atoms with van der Waals surface area (Å²) in [6.45, 7) is 6.62. The van der Waals surface area contributed by atoms with Crippen LogP contribution >= 0.6 is 11.9 Å². The van der Waals surface area contributed by atoms with Crippen LogP contribution in [0, 0.1) is 6.92 Å². The van der Waals surface area contributed by atoms with Crippen LogP contribution in [-0.4, -0.2) is 47.5 Å². The van der Waals surface area contributed by atoms with Crippen molar-refractivity contribution in [2.45, 2.75) is 90.3 Å². The summed E-state index contributed by atoms with van der Waals surface area (Å²) in [6.07, 6.45) is 6.42. The molecular weight excluding hydrogens is 657 g/mol. The van der Waals surface area contributed by atoms with Crippen molar-refractivity contribution in [1.29, 1.82) is 0 Å². The molecule has 1 aliphatic rings. The number of aryl methyl sites for hydroxylation is 2. The van der Waals surface area contributed by atoms with Crippen LogP contribution in [0.1, 0.15) is 95.6 Å². The van der Waals surface area contributed by atoms with Crippen LogP contribution in [0.25, 0.3) is 22.2 Å². The van der Waals surface area contributed by atoms with Gasteiger partial charge in [0.15, 0.2) is 0 Å². The van der Waals surface area contributed by atoms with Crippen molar-refractivity contribution in [1.82, 2.24) is 13.9 Å². The first kappa shape index (κ1) is 36.1. The summed E-state index contributed by atoms with van der Waals surface area (Å²) in [4.78, 5) is 45.3. The quantitative estimate of drug-likeness (QED) is 0.132. The van der Waals surface area contributed by atoms with Gasteiger partial charge in [-0.25, -0.2) is 9.78 Å². The number of amides is 1. The summed E-state index contributed by atoms with van der Waals surface area (Å²) in [5, 5.41) is 9.55. The van der Waals surface area contributed by atoms with Crippen LogP contribution in [0.3, 0.4) is 0 Å². The lowest BCUT2D eigenvalue weighted by Gasteiger charge is -2.35. The molecule has 1 saturated carbocycles. The molecule has 8 nitrogen and oxygen atoms in total. The molecular formula is C42H46N4O4S. The number of carboxylic acids is 1. The molecule has 5 aromatic rings. The molecule has 6 rings (SSSR count). The molecule has 0 aliphatic heterocycles. The fourth-order valence-electron chi connectivity index (χ4n) is 7.11. The van der Waals surface area contributed by atoms with Crippen LogP contribution in [0.5, 0.6) is 0 Å². The zero-order valence-corrected chi connectivity index (χ0v) is 30.4. The highest BCUT2D eigenvalue weighted by Gasteiger charge is 2.39. The number of rotatable bonds is 11. The number of carbonyl (C=O) groups excluding carboxylic acids is 2. The summed E-state index contributed by atoms with van der Waals surface area (Å²) in [5.74, 6) is -0.258. The Bertz CT molecular complexity index is 2030. The molecule has 1 atom stereocenters. The van der Waals surface area contributed by atoms with Crippen molar-refractivity contribution in [3.8, 4) is 11.1 Å². The van der Waals surface area contributed by atoms with Gasteiger partial charge in [-0.15, -0.1) is 0 Å². The Labute approximate surface area is 304 Å². The molecule has 1 amide bonds. The lowest BCUT2D eigenvalue weighted by molar-refractivity contribution is -0.116. The third-order valence-corrected chi connectivity index (χ3v) is 11.2. The third-order valence-electron chi connectivity index (χ3n) is 9.92. The topological polar surface area (TPSA) is 119 Å². The number of hydrogen-bond donors (Lipinski definition) is 2. The van der Waals surface area contributed by atoms with E-state index in [0.717, 1.165) is 83.2 Å². The molecule has 3 N–H and O–H groups in total. The summed E-state index contributed by atoms with van der Waals surface area (Å²) in [7, 11) is 0. The molecule has 51 heavy (non-hydrogen) atoms. The SMILES string of the molecule is CCCc1nc2c(C)cc(C(=O)N(SC(=O)C3(N)CCCCC3)C(C)Cc3ccccc3)cc2n1Cc1ccc(-c2ccccc2C(=O)O)cc1. The van der Waals surface area contributed by atoms with Crippen LogP contribution in [0.15, 0.2) is 91.0 Å². The van der Waals surface area contributed by atoms with E-state index in [4.69, 9.17) is 10.7 Å².